The van der Waals surface area contributed by atoms with Gasteiger partial charge in [0.1, 0.15) is 0 Å². The number of hydrogen-bond donors (Lipinski definition) is 1. The Morgan fingerprint density at radius 1 is 1.29 bits per heavy atom. The van der Waals surface area contributed by atoms with Gasteiger partial charge in [-0.25, -0.2) is 4.39 Å². The Morgan fingerprint density at radius 3 is 2.57 bits per heavy atom. The predicted octanol–water partition coefficient (Wildman–Crippen LogP) is 1.86. The monoisotopic (exact) mass is 201 g/mol. The molecule has 4 heteroatoms. The quantitative estimate of drug-likeness (QED) is 0.807. The van der Waals surface area contributed by atoms with Gasteiger partial charge in [-0.3, -0.25) is 0 Å². The van der Waals surface area contributed by atoms with Crippen molar-refractivity contribution in [2.24, 2.45) is 5.73 Å². The van der Waals surface area contributed by atoms with Gasteiger partial charge in [0.15, 0.2) is 11.6 Å². The van der Waals surface area contributed by atoms with Crippen molar-refractivity contribution >= 4 is 0 Å². The molecule has 0 fully saturated rings. The summed E-state index contributed by atoms with van der Waals surface area (Å²) in [6, 6.07) is 2.94. The molecule has 1 rings (SSSR count). The summed E-state index contributed by atoms with van der Waals surface area (Å²) in [5, 5.41) is 0. The number of ether oxygens (including phenoxy) is 1. The van der Waals surface area contributed by atoms with E-state index < -0.39 is 11.6 Å². The van der Waals surface area contributed by atoms with Gasteiger partial charge in [-0.2, -0.15) is 4.39 Å². The van der Waals surface area contributed by atoms with Crippen molar-refractivity contribution < 1.29 is 13.5 Å². The van der Waals surface area contributed by atoms with Crippen LogP contribution in [0.2, 0.25) is 0 Å². The van der Waals surface area contributed by atoms with Gasteiger partial charge in [-0.1, -0.05) is 6.07 Å². The Hall–Kier alpha value is -1.16. The zero-order chi connectivity index (χ0) is 10.6. The number of benzene rings is 1. The third-order valence-electron chi connectivity index (χ3n) is 2.00. The molecular formula is C10H13F2NO. The Morgan fingerprint density at radius 2 is 2.00 bits per heavy atom. The molecule has 2 nitrogen and oxygen atoms in total. The topological polar surface area (TPSA) is 35.2 Å². The van der Waals surface area contributed by atoms with Crippen LogP contribution in [0, 0.1) is 11.6 Å². The second-order valence-corrected chi connectivity index (χ2v) is 2.95. The SMILES string of the molecule is COc1ccc(CCCN)c(F)c1F. The van der Waals surface area contributed by atoms with Crippen molar-refractivity contribution in [3.8, 4) is 5.75 Å². The first-order valence-corrected chi connectivity index (χ1v) is 4.41. The van der Waals surface area contributed by atoms with Gasteiger partial charge in [0.25, 0.3) is 0 Å². The van der Waals surface area contributed by atoms with Crippen LogP contribution in [0.4, 0.5) is 8.78 Å². The second-order valence-electron chi connectivity index (χ2n) is 2.95. The van der Waals surface area contributed by atoms with E-state index in [1.807, 2.05) is 0 Å². The normalized spacial score (nSPS) is 10.3. The van der Waals surface area contributed by atoms with E-state index in [1.54, 1.807) is 0 Å². The van der Waals surface area contributed by atoms with Crippen molar-refractivity contribution in [2.75, 3.05) is 13.7 Å². The first-order valence-electron chi connectivity index (χ1n) is 4.41. The summed E-state index contributed by atoms with van der Waals surface area (Å²) in [6.07, 6.45) is 1.09. The molecular weight excluding hydrogens is 188 g/mol. The van der Waals surface area contributed by atoms with E-state index in [4.69, 9.17) is 5.73 Å². The molecule has 0 saturated heterocycles. The lowest BCUT2D eigenvalue weighted by Crippen LogP contribution is -2.03. The van der Waals surface area contributed by atoms with E-state index in [0.717, 1.165) is 0 Å². The van der Waals surface area contributed by atoms with Gasteiger partial charge in [-0.05, 0) is 31.0 Å². The Kier molecular flexibility index (Phi) is 3.83. The van der Waals surface area contributed by atoms with Crippen LogP contribution in [0.5, 0.6) is 5.75 Å². The highest BCUT2D eigenvalue weighted by Crippen LogP contribution is 2.22. The maximum absolute atomic E-state index is 13.3. The van der Waals surface area contributed by atoms with E-state index in [9.17, 15) is 8.78 Å². The molecule has 1 aromatic rings. The van der Waals surface area contributed by atoms with Crippen LogP contribution < -0.4 is 10.5 Å². The Balaban J connectivity index is 2.92. The summed E-state index contributed by atoms with van der Waals surface area (Å²) in [7, 11) is 1.30. The standard InChI is InChI=1S/C10H13F2NO/c1-14-8-5-4-7(3-2-6-13)9(11)10(8)12/h4-5H,2-3,6,13H2,1H3. The van der Waals surface area contributed by atoms with Crippen LogP contribution in [0.15, 0.2) is 12.1 Å². The molecule has 0 aromatic heterocycles. The third-order valence-corrected chi connectivity index (χ3v) is 2.00. The number of rotatable bonds is 4. The number of nitrogens with two attached hydrogens (primary N) is 1. The number of aryl methyl sites for hydroxylation is 1. The minimum Gasteiger partial charge on any atom is -0.494 e. The Bertz CT molecular complexity index is 315. The maximum atomic E-state index is 13.3. The smallest absolute Gasteiger partial charge is 0.200 e. The molecule has 0 unspecified atom stereocenters. The summed E-state index contributed by atoms with van der Waals surface area (Å²) in [4.78, 5) is 0. The van der Waals surface area contributed by atoms with Crippen LogP contribution in [0.25, 0.3) is 0 Å². The van der Waals surface area contributed by atoms with Gasteiger partial charge < -0.3 is 10.5 Å². The molecule has 0 spiro atoms. The maximum Gasteiger partial charge on any atom is 0.200 e. The fraction of sp³-hybridized carbons (Fsp3) is 0.400. The summed E-state index contributed by atoms with van der Waals surface area (Å²) >= 11 is 0. The molecule has 0 aliphatic heterocycles. The van der Waals surface area contributed by atoms with E-state index in [2.05, 4.69) is 4.74 Å². The fourth-order valence-electron chi connectivity index (χ4n) is 1.21. The van der Waals surface area contributed by atoms with Gasteiger partial charge in [0.05, 0.1) is 7.11 Å². The van der Waals surface area contributed by atoms with Crippen molar-refractivity contribution in [2.45, 2.75) is 12.8 Å². The first kappa shape index (κ1) is 10.9. The van der Waals surface area contributed by atoms with Crippen molar-refractivity contribution in [3.63, 3.8) is 0 Å². The zero-order valence-electron chi connectivity index (χ0n) is 8.02. The second kappa shape index (κ2) is 4.91. The summed E-state index contributed by atoms with van der Waals surface area (Å²) in [5.41, 5.74) is 5.62. The molecule has 0 bridgehead atoms. The number of halogens is 2. The minimum absolute atomic E-state index is 0.0704. The van der Waals surface area contributed by atoms with E-state index >= 15 is 0 Å². The minimum atomic E-state index is -0.929. The van der Waals surface area contributed by atoms with Crippen molar-refractivity contribution in [3.05, 3.63) is 29.3 Å². The number of methoxy groups -OCH3 is 1. The third kappa shape index (κ3) is 2.20. The molecule has 0 aliphatic carbocycles. The number of hydrogen-bond acceptors (Lipinski definition) is 2. The predicted molar refractivity (Wildman–Crippen MR) is 50.3 cm³/mol. The molecule has 0 amide bonds. The molecule has 0 aliphatic rings. The van der Waals surface area contributed by atoms with Crippen molar-refractivity contribution in [1.29, 1.82) is 0 Å². The van der Waals surface area contributed by atoms with Crippen LogP contribution in [0.1, 0.15) is 12.0 Å². The van der Waals surface area contributed by atoms with E-state index in [-0.39, 0.29) is 5.75 Å². The highest BCUT2D eigenvalue weighted by Gasteiger charge is 2.12. The molecule has 78 valence electrons. The highest BCUT2D eigenvalue weighted by molar-refractivity contribution is 5.31. The average Bonchev–Trinajstić information content (AvgIpc) is 2.20. The zero-order valence-corrected chi connectivity index (χ0v) is 8.02. The fourth-order valence-corrected chi connectivity index (χ4v) is 1.21. The lowest BCUT2D eigenvalue weighted by molar-refractivity contribution is 0.370. The van der Waals surface area contributed by atoms with Gasteiger partial charge >= 0.3 is 0 Å². The van der Waals surface area contributed by atoms with E-state index in [1.165, 1.54) is 19.2 Å². The molecule has 0 heterocycles. The molecule has 14 heavy (non-hydrogen) atoms. The van der Waals surface area contributed by atoms with Crippen LogP contribution >= 0.6 is 0 Å². The highest BCUT2D eigenvalue weighted by atomic mass is 19.2. The summed E-state index contributed by atoms with van der Waals surface area (Å²) in [6.45, 7) is 0.465. The van der Waals surface area contributed by atoms with Crippen molar-refractivity contribution in [1.82, 2.24) is 0 Å². The molecule has 0 saturated carbocycles. The lowest BCUT2D eigenvalue weighted by Gasteiger charge is -2.06. The average molecular weight is 201 g/mol. The summed E-state index contributed by atoms with van der Waals surface area (Å²) < 4.78 is 31.1. The lowest BCUT2D eigenvalue weighted by atomic mass is 10.1. The first-order chi connectivity index (χ1) is 6.70. The molecule has 0 atom stereocenters. The van der Waals surface area contributed by atoms with Crippen LogP contribution in [0.3, 0.4) is 0 Å². The largest absolute Gasteiger partial charge is 0.494 e. The van der Waals surface area contributed by atoms with Gasteiger partial charge in [-0.15, -0.1) is 0 Å². The van der Waals surface area contributed by atoms with E-state index in [0.29, 0.717) is 24.9 Å². The van der Waals surface area contributed by atoms with Crippen LogP contribution in [-0.4, -0.2) is 13.7 Å². The molecule has 1 aromatic carbocycles. The van der Waals surface area contributed by atoms with Crippen LogP contribution in [-0.2, 0) is 6.42 Å². The molecule has 0 radical (unpaired) electrons. The Labute approximate surface area is 81.7 Å². The summed E-state index contributed by atoms with van der Waals surface area (Å²) in [5.74, 6) is -1.83. The van der Waals surface area contributed by atoms with Gasteiger partial charge in [0, 0.05) is 0 Å². The van der Waals surface area contributed by atoms with Gasteiger partial charge in [0.2, 0.25) is 5.82 Å². The molecule has 2 N–H and O–H groups in total.